The van der Waals surface area contributed by atoms with Crippen molar-refractivity contribution in [3.8, 4) is 5.75 Å². The van der Waals surface area contributed by atoms with Gasteiger partial charge in [-0.2, -0.15) is 0 Å². The Morgan fingerprint density at radius 2 is 1.76 bits per heavy atom. The molecule has 33 heavy (non-hydrogen) atoms. The predicted molar refractivity (Wildman–Crippen MR) is 134 cm³/mol. The van der Waals surface area contributed by atoms with E-state index in [9.17, 15) is 4.79 Å². The Hall–Kier alpha value is -3.48. The molecule has 3 aromatic carbocycles. The first kappa shape index (κ1) is 22.7. The van der Waals surface area contributed by atoms with Gasteiger partial charge in [0.05, 0.1) is 24.5 Å². The van der Waals surface area contributed by atoms with Crippen molar-refractivity contribution in [1.82, 2.24) is 10.3 Å². The van der Waals surface area contributed by atoms with Gasteiger partial charge in [0.15, 0.2) is 5.13 Å². The van der Waals surface area contributed by atoms with Gasteiger partial charge in [-0.05, 0) is 47.9 Å². The van der Waals surface area contributed by atoms with Crippen molar-refractivity contribution in [2.24, 2.45) is 0 Å². The number of benzene rings is 3. The molecule has 0 aliphatic heterocycles. The Morgan fingerprint density at radius 1 is 1.03 bits per heavy atom. The van der Waals surface area contributed by atoms with Crippen LogP contribution in [0.2, 0.25) is 0 Å². The fraction of sp³-hybridized carbons (Fsp3) is 0.185. The second-order valence-electron chi connectivity index (χ2n) is 7.81. The van der Waals surface area contributed by atoms with E-state index in [4.69, 9.17) is 9.72 Å². The van der Waals surface area contributed by atoms with Gasteiger partial charge in [-0.3, -0.25) is 9.69 Å². The smallest absolute Gasteiger partial charge is 0.230 e. The highest BCUT2D eigenvalue weighted by molar-refractivity contribution is 7.14. The van der Waals surface area contributed by atoms with Crippen molar-refractivity contribution in [3.05, 3.63) is 107 Å². The SMILES string of the molecule is COc1ccc(C(NCc2csc(N(C(C)=O)c3cccc(C)c3)n2)c2ccccc2)cc1. The molecule has 0 saturated heterocycles. The van der Waals surface area contributed by atoms with Gasteiger partial charge in [0, 0.05) is 18.8 Å². The zero-order valence-electron chi connectivity index (χ0n) is 19.0. The summed E-state index contributed by atoms with van der Waals surface area (Å²) in [6.07, 6.45) is 0. The number of carbonyl (C=O) groups excluding carboxylic acids is 1. The normalized spacial score (nSPS) is 11.7. The third-order valence-corrected chi connectivity index (χ3v) is 6.25. The highest BCUT2D eigenvalue weighted by Crippen LogP contribution is 2.30. The molecule has 0 bridgehead atoms. The number of hydrogen-bond donors (Lipinski definition) is 1. The zero-order valence-corrected chi connectivity index (χ0v) is 19.8. The Bertz CT molecular complexity index is 1210. The van der Waals surface area contributed by atoms with Crippen LogP contribution in [-0.4, -0.2) is 18.0 Å². The van der Waals surface area contributed by atoms with E-state index >= 15 is 0 Å². The fourth-order valence-electron chi connectivity index (χ4n) is 3.75. The zero-order chi connectivity index (χ0) is 23.2. The third-order valence-electron chi connectivity index (χ3n) is 5.38. The van der Waals surface area contributed by atoms with Crippen molar-refractivity contribution < 1.29 is 9.53 Å². The summed E-state index contributed by atoms with van der Waals surface area (Å²) < 4.78 is 5.31. The number of hydrogen-bond acceptors (Lipinski definition) is 5. The molecule has 0 spiro atoms. The molecule has 0 fully saturated rings. The lowest BCUT2D eigenvalue weighted by Crippen LogP contribution is -2.24. The van der Waals surface area contributed by atoms with E-state index in [-0.39, 0.29) is 11.9 Å². The molecule has 6 heteroatoms. The molecule has 1 atom stereocenters. The first-order chi connectivity index (χ1) is 16.0. The number of anilines is 2. The van der Waals surface area contributed by atoms with Crippen LogP contribution in [0.25, 0.3) is 0 Å². The van der Waals surface area contributed by atoms with E-state index in [0.29, 0.717) is 11.7 Å². The highest BCUT2D eigenvalue weighted by Gasteiger charge is 2.19. The fourth-order valence-corrected chi connectivity index (χ4v) is 4.64. The van der Waals surface area contributed by atoms with Crippen molar-refractivity contribution >= 4 is 28.1 Å². The van der Waals surface area contributed by atoms with Gasteiger partial charge in [-0.25, -0.2) is 4.98 Å². The summed E-state index contributed by atoms with van der Waals surface area (Å²) in [5.41, 5.74) is 5.13. The molecule has 1 heterocycles. The van der Waals surface area contributed by atoms with E-state index in [2.05, 4.69) is 29.6 Å². The number of rotatable bonds is 8. The maximum absolute atomic E-state index is 12.4. The summed E-state index contributed by atoms with van der Waals surface area (Å²) in [6.45, 7) is 4.15. The highest BCUT2D eigenvalue weighted by atomic mass is 32.1. The number of nitrogens with one attached hydrogen (secondary N) is 1. The van der Waals surface area contributed by atoms with Crippen LogP contribution in [0.3, 0.4) is 0 Å². The molecule has 0 radical (unpaired) electrons. The van der Waals surface area contributed by atoms with Crippen LogP contribution < -0.4 is 15.0 Å². The van der Waals surface area contributed by atoms with Crippen LogP contribution in [0.1, 0.15) is 35.3 Å². The maximum atomic E-state index is 12.4. The summed E-state index contributed by atoms with van der Waals surface area (Å²) in [4.78, 5) is 18.9. The molecule has 0 saturated carbocycles. The van der Waals surface area contributed by atoms with Gasteiger partial charge < -0.3 is 10.1 Å². The number of aryl methyl sites for hydroxylation is 1. The van der Waals surface area contributed by atoms with Gasteiger partial charge in [-0.15, -0.1) is 11.3 Å². The molecular formula is C27H27N3O2S. The van der Waals surface area contributed by atoms with Crippen LogP contribution in [0.4, 0.5) is 10.8 Å². The lowest BCUT2D eigenvalue weighted by molar-refractivity contribution is -0.115. The number of nitrogens with zero attached hydrogens (tertiary/aromatic N) is 2. The minimum absolute atomic E-state index is 0.00272. The van der Waals surface area contributed by atoms with Gasteiger partial charge in [0.2, 0.25) is 5.91 Å². The largest absolute Gasteiger partial charge is 0.497 e. The summed E-state index contributed by atoms with van der Waals surface area (Å²) >= 11 is 1.47. The standard InChI is InChI=1S/C27H27N3O2S/c1-19-8-7-11-24(16-19)30(20(2)31)27-29-23(18-33-27)17-28-26(21-9-5-4-6-10-21)22-12-14-25(32-3)15-13-22/h4-16,18,26,28H,17H2,1-3H3. The Kier molecular flexibility index (Phi) is 7.17. The number of ether oxygens (including phenoxy) is 1. The second kappa shape index (κ2) is 10.4. The Balaban J connectivity index is 1.56. The summed E-state index contributed by atoms with van der Waals surface area (Å²) in [5, 5.41) is 6.31. The van der Waals surface area contributed by atoms with Gasteiger partial charge in [-0.1, -0.05) is 54.6 Å². The third kappa shape index (κ3) is 5.48. The number of carbonyl (C=O) groups is 1. The topological polar surface area (TPSA) is 54.5 Å². The van der Waals surface area contributed by atoms with Crippen LogP contribution in [-0.2, 0) is 11.3 Å². The van der Waals surface area contributed by atoms with Crippen molar-refractivity contribution in [2.75, 3.05) is 12.0 Å². The lowest BCUT2D eigenvalue weighted by atomic mass is 9.98. The van der Waals surface area contributed by atoms with Gasteiger partial charge in [0.1, 0.15) is 5.75 Å². The first-order valence-corrected chi connectivity index (χ1v) is 11.7. The van der Waals surface area contributed by atoms with Crippen molar-refractivity contribution in [3.63, 3.8) is 0 Å². The molecule has 1 unspecified atom stereocenters. The average Bonchev–Trinajstić information content (AvgIpc) is 3.28. The van der Waals surface area contributed by atoms with Gasteiger partial charge >= 0.3 is 0 Å². The lowest BCUT2D eigenvalue weighted by Gasteiger charge is -2.20. The Morgan fingerprint density at radius 3 is 2.42 bits per heavy atom. The number of thiazole rings is 1. The molecule has 1 amide bonds. The van der Waals surface area contributed by atoms with Crippen molar-refractivity contribution in [1.29, 1.82) is 0 Å². The average molecular weight is 458 g/mol. The molecule has 5 nitrogen and oxygen atoms in total. The van der Waals surface area contributed by atoms with Crippen LogP contribution >= 0.6 is 11.3 Å². The molecule has 4 aromatic rings. The van der Waals surface area contributed by atoms with E-state index in [1.54, 1.807) is 18.9 Å². The molecule has 0 aliphatic rings. The van der Waals surface area contributed by atoms with Crippen LogP contribution in [0.15, 0.2) is 84.2 Å². The number of aromatic nitrogens is 1. The molecule has 1 N–H and O–H groups in total. The van der Waals surface area contributed by atoms with Crippen LogP contribution in [0, 0.1) is 6.92 Å². The molecule has 168 valence electrons. The quantitative estimate of drug-likeness (QED) is 0.351. The minimum Gasteiger partial charge on any atom is -0.497 e. The van der Waals surface area contributed by atoms with Gasteiger partial charge in [0.25, 0.3) is 0 Å². The maximum Gasteiger partial charge on any atom is 0.230 e. The summed E-state index contributed by atoms with van der Waals surface area (Å²) in [6, 6.07) is 26.3. The molecule has 1 aromatic heterocycles. The molecular weight excluding hydrogens is 430 g/mol. The molecule has 0 aliphatic carbocycles. The minimum atomic E-state index is -0.0603. The van der Waals surface area contributed by atoms with E-state index < -0.39 is 0 Å². The van der Waals surface area contributed by atoms with E-state index in [1.807, 2.05) is 66.9 Å². The monoisotopic (exact) mass is 457 g/mol. The van der Waals surface area contributed by atoms with E-state index in [1.165, 1.54) is 16.9 Å². The molecule has 4 rings (SSSR count). The predicted octanol–water partition coefficient (Wildman–Crippen LogP) is 6.02. The second-order valence-corrected chi connectivity index (χ2v) is 8.65. The van der Waals surface area contributed by atoms with Crippen LogP contribution in [0.5, 0.6) is 5.75 Å². The number of methoxy groups -OCH3 is 1. The first-order valence-electron chi connectivity index (χ1n) is 10.8. The summed E-state index contributed by atoms with van der Waals surface area (Å²) in [5.74, 6) is 0.769. The van der Waals surface area contributed by atoms with E-state index in [0.717, 1.165) is 28.3 Å². The van der Waals surface area contributed by atoms with Crippen molar-refractivity contribution in [2.45, 2.75) is 26.4 Å². The Labute approximate surface area is 198 Å². The summed E-state index contributed by atoms with van der Waals surface area (Å²) in [7, 11) is 1.67. The number of amides is 1.